The normalized spacial score (nSPS) is 9.45. The number of hydrogen-bond donors (Lipinski definition) is 2. The smallest absolute Gasteiger partial charge is 0.0474 e. The minimum absolute atomic E-state index is 0. The molecule has 0 atom stereocenters. The van der Waals surface area contributed by atoms with E-state index in [1.807, 2.05) is 30.5 Å². The number of rotatable bonds is 0. The predicted molar refractivity (Wildman–Crippen MR) is 58.1 cm³/mol. The van der Waals surface area contributed by atoms with E-state index in [9.17, 15) is 0 Å². The van der Waals surface area contributed by atoms with Gasteiger partial charge in [0.05, 0.1) is 0 Å². The number of nitrogens with two attached hydrogens (primary N) is 1. The lowest BCUT2D eigenvalue weighted by atomic mass is 10.2. The molecule has 0 amide bonds. The zero-order valence-corrected chi connectivity index (χ0v) is 8.20. The Balaban J connectivity index is 0.000000605. The van der Waals surface area contributed by atoms with Gasteiger partial charge in [0.2, 0.25) is 0 Å². The average Bonchev–Trinajstić information content (AvgIpc) is 2.36. The first-order valence-corrected chi connectivity index (χ1v) is 3.19. The Hall–Kier alpha value is -0.710. The molecule has 0 spiro atoms. The fourth-order valence-electron chi connectivity index (χ4n) is 1.11. The van der Waals surface area contributed by atoms with Gasteiger partial charge in [-0.05, 0) is 18.2 Å². The summed E-state index contributed by atoms with van der Waals surface area (Å²) < 4.78 is 0. The molecule has 58 valence electrons. The van der Waals surface area contributed by atoms with Gasteiger partial charge < -0.3 is 10.7 Å². The van der Waals surface area contributed by atoms with E-state index in [0.717, 1.165) is 16.6 Å². The summed E-state index contributed by atoms with van der Waals surface area (Å²) in [5.74, 6) is 0. The fourth-order valence-corrected chi connectivity index (χ4v) is 1.11. The first-order valence-electron chi connectivity index (χ1n) is 3.19. The first kappa shape index (κ1) is 8.39. The van der Waals surface area contributed by atoms with Crippen LogP contribution in [0, 0.1) is 0 Å². The van der Waals surface area contributed by atoms with E-state index in [4.69, 9.17) is 5.73 Å². The lowest BCUT2D eigenvalue weighted by molar-refractivity contribution is 1.48. The predicted octanol–water partition coefficient (Wildman–Crippen LogP) is 2.37. The molecule has 1 aromatic carbocycles. The second kappa shape index (κ2) is 3.13. The largest absolute Gasteiger partial charge is 0.398 e. The van der Waals surface area contributed by atoms with Crippen LogP contribution in [0.2, 0.25) is 0 Å². The van der Waals surface area contributed by atoms with Crippen LogP contribution in [0.25, 0.3) is 10.9 Å². The molecule has 0 aliphatic heterocycles. The van der Waals surface area contributed by atoms with Crippen molar-refractivity contribution in [2.45, 2.75) is 0 Å². The lowest BCUT2D eigenvalue weighted by Crippen LogP contribution is -1.82. The monoisotopic (exact) mass is 260 g/mol. The van der Waals surface area contributed by atoms with Crippen molar-refractivity contribution in [1.29, 1.82) is 0 Å². The molecule has 3 heteroatoms. The van der Waals surface area contributed by atoms with Crippen molar-refractivity contribution in [3.8, 4) is 0 Å². The third-order valence-corrected chi connectivity index (χ3v) is 1.63. The highest BCUT2D eigenvalue weighted by molar-refractivity contribution is 14.0. The summed E-state index contributed by atoms with van der Waals surface area (Å²) in [4.78, 5) is 3.08. The third kappa shape index (κ3) is 1.33. The van der Waals surface area contributed by atoms with E-state index in [2.05, 4.69) is 4.98 Å². The van der Waals surface area contributed by atoms with Crippen LogP contribution >= 0.6 is 24.0 Å². The van der Waals surface area contributed by atoms with Gasteiger partial charge in [-0.1, -0.05) is 6.07 Å². The van der Waals surface area contributed by atoms with Crippen LogP contribution in [-0.2, 0) is 0 Å². The van der Waals surface area contributed by atoms with Crippen molar-refractivity contribution in [1.82, 2.24) is 4.98 Å². The first-order chi connectivity index (χ1) is 4.88. The number of anilines is 1. The molecule has 0 aliphatic carbocycles. The SMILES string of the molecule is I.Nc1cccc2[nH]ccc12. The number of fused-ring (bicyclic) bond motifs is 1. The molecule has 0 unspecified atom stereocenters. The zero-order valence-electron chi connectivity index (χ0n) is 5.87. The summed E-state index contributed by atoms with van der Waals surface area (Å²) in [6.07, 6.45) is 1.89. The molecule has 11 heavy (non-hydrogen) atoms. The Morgan fingerprint density at radius 3 is 2.73 bits per heavy atom. The second-order valence-corrected chi connectivity index (χ2v) is 2.29. The number of nitrogens with one attached hydrogen (secondary N) is 1. The van der Waals surface area contributed by atoms with Crippen LogP contribution in [0.4, 0.5) is 5.69 Å². The number of benzene rings is 1. The molecule has 2 aromatic rings. The van der Waals surface area contributed by atoms with E-state index >= 15 is 0 Å². The van der Waals surface area contributed by atoms with Crippen LogP contribution in [0.3, 0.4) is 0 Å². The average molecular weight is 260 g/mol. The van der Waals surface area contributed by atoms with Gasteiger partial charge in [0.25, 0.3) is 0 Å². The summed E-state index contributed by atoms with van der Waals surface area (Å²) in [5, 5.41) is 1.10. The van der Waals surface area contributed by atoms with Gasteiger partial charge in [-0.2, -0.15) is 0 Å². The van der Waals surface area contributed by atoms with E-state index in [0.29, 0.717) is 0 Å². The van der Waals surface area contributed by atoms with Crippen molar-refractivity contribution in [2.24, 2.45) is 0 Å². The third-order valence-electron chi connectivity index (χ3n) is 1.63. The number of H-pyrrole nitrogens is 1. The molecule has 0 saturated carbocycles. The van der Waals surface area contributed by atoms with Gasteiger partial charge >= 0.3 is 0 Å². The molecule has 3 N–H and O–H groups in total. The van der Waals surface area contributed by atoms with Gasteiger partial charge in [0, 0.05) is 22.8 Å². The maximum atomic E-state index is 5.68. The summed E-state index contributed by atoms with van der Waals surface area (Å²) in [6, 6.07) is 7.82. The molecule has 2 rings (SSSR count). The van der Waals surface area contributed by atoms with Crippen LogP contribution in [0.1, 0.15) is 0 Å². The Morgan fingerprint density at radius 2 is 2.00 bits per heavy atom. The Bertz CT molecular complexity index is 354. The van der Waals surface area contributed by atoms with E-state index in [-0.39, 0.29) is 24.0 Å². The van der Waals surface area contributed by atoms with Gasteiger partial charge in [-0.25, -0.2) is 0 Å². The highest BCUT2D eigenvalue weighted by atomic mass is 127. The zero-order chi connectivity index (χ0) is 6.97. The molecular formula is C8H9IN2. The molecule has 0 aliphatic rings. The van der Waals surface area contributed by atoms with Gasteiger partial charge in [0.15, 0.2) is 0 Å². The van der Waals surface area contributed by atoms with Crippen LogP contribution in [0.15, 0.2) is 30.5 Å². The molecule has 1 heterocycles. The maximum absolute atomic E-state index is 5.68. The van der Waals surface area contributed by atoms with Crippen molar-refractivity contribution < 1.29 is 0 Å². The minimum Gasteiger partial charge on any atom is -0.398 e. The van der Waals surface area contributed by atoms with Gasteiger partial charge in [-0.3, -0.25) is 0 Å². The van der Waals surface area contributed by atoms with Crippen molar-refractivity contribution in [3.63, 3.8) is 0 Å². The van der Waals surface area contributed by atoms with E-state index < -0.39 is 0 Å². The minimum atomic E-state index is 0. The highest BCUT2D eigenvalue weighted by Gasteiger charge is 1.94. The molecule has 1 aromatic heterocycles. The molecule has 0 saturated heterocycles. The van der Waals surface area contributed by atoms with Gasteiger partial charge in [-0.15, -0.1) is 24.0 Å². The summed E-state index contributed by atoms with van der Waals surface area (Å²) >= 11 is 0. The van der Waals surface area contributed by atoms with Crippen molar-refractivity contribution in [2.75, 3.05) is 5.73 Å². The van der Waals surface area contributed by atoms with Crippen LogP contribution in [-0.4, -0.2) is 4.98 Å². The molecule has 2 nitrogen and oxygen atoms in total. The maximum Gasteiger partial charge on any atom is 0.0474 e. The molecule has 0 fully saturated rings. The van der Waals surface area contributed by atoms with Crippen LogP contribution < -0.4 is 5.73 Å². The number of hydrogen-bond acceptors (Lipinski definition) is 1. The standard InChI is InChI=1S/C8H8N2.HI/c9-7-2-1-3-8-6(7)4-5-10-8;/h1-5,10H,9H2;1H. The van der Waals surface area contributed by atoms with Crippen molar-refractivity contribution in [3.05, 3.63) is 30.5 Å². The van der Waals surface area contributed by atoms with Crippen LogP contribution in [0.5, 0.6) is 0 Å². The number of aromatic nitrogens is 1. The van der Waals surface area contributed by atoms with E-state index in [1.165, 1.54) is 0 Å². The number of aromatic amines is 1. The molecule has 0 bridgehead atoms. The molecular weight excluding hydrogens is 251 g/mol. The second-order valence-electron chi connectivity index (χ2n) is 2.29. The Labute approximate surface area is 81.8 Å². The fraction of sp³-hybridized carbons (Fsp3) is 0. The topological polar surface area (TPSA) is 41.8 Å². The lowest BCUT2D eigenvalue weighted by Gasteiger charge is -1.92. The van der Waals surface area contributed by atoms with Crippen molar-refractivity contribution >= 4 is 40.6 Å². The number of nitrogen functional groups attached to an aromatic ring is 1. The summed E-state index contributed by atoms with van der Waals surface area (Å²) in [5.41, 5.74) is 7.61. The molecule has 0 radical (unpaired) electrons. The van der Waals surface area contributed by atoms with E-state index in [1.54, 1.807) is 0 Å². The summed E-state index contributed by atoms with van der Waals surface area (Å²) in [6.45, 7) is 0. The summed E-state index contributed by atoms with van der Waals surface area (Å²) in [7, 11) is 0. The highest BCUT2D eigenvalue weighted by Crippen LogP contribution is 2.18. The Kier molecular flexibility index (Phi) is 2.38. The number of halogens is 1. The Morgan fingerprint density at radius 1 is 1.18 bits per heavy atom. The van der Waals surface area contributed by atoms with Gasteiger partial charge in [0.1, 0.15) is 0 Å². The quantitative estimate of drug-likeness (QED) is 0.554.